The van der Waals surface area contributed by atoms with Crippen molar-refractivity contribution in [3.05, 3.63) is 33.8 Å². The second-order valence-electron chi connectivity index (χ2n) is 3.75. The van der Waals surface area contributed by atoms with Gasteiger partial charge >= 0.3 is 0 Å². The third kappa shape index (κ3) is 2.97. The minimum absolute atomic E-state index is 0.269. The minimum atomic E-state index is 0.269. The van der Waals surface area contributed by atoms with Crippen molar-refractivity contribution < 1.29 is 0 Å². The quantitative estimate of drug-likeness (QED) is 0.719. The van der Waals surface area contributed by atoms with E-state index in [1.165, 1.54) is 0 Å². The SMILES string of the molecule is Clc1ccc(Cl)c(CC2CSCC2Cl)c1. The first-order valence-electron chi connectivity index (χ1n) is 4.82. The van der Waals surface area contributed by atoms with E-state index in [2.05, 4.69) is 0 Å². The fourth-order valence-corrected chi connectivity index (χ4v) is 3.97. The van der Waals surface area contributed by atoms with Gasteiger partial charge in [-0.15, -0.1) is 11.6 Å². The molecule has 2 unspecified atom stereocenters. The van der Waals surface area contributed by atoms with Crippen LogP contribution in [0, 0.1) is 5.92 Å². The van der Waals surface area contributed by atoms with E-state index in [0.29, 0.717) is 5.92 Å². The summed E-state index contributed by atoms with van der Waals surface area (Å²) in [6.45, 7) is 0. The molecule has 1 aromatic rings. The highest BCUT2D eigenvalue weighted by atomic mass is 35.5. The number of benzene rings is 1. The van der Waals surface area contributed by atoms with E-state index >= 15 is 0 Å². The van der Waals surface area contributed by atoms with Crippen molar-refractivity contribution in [1.82, 2.24) is 0 Å². The van der Waals surface area contributed by atoms with Crippen LogP contribution in [0.5, 0.6) is 0 Å². The largest absolute Gasteiger partial charge is 0.160 e. The van der Waals surface area contributed by atoms with Crippen LogP contribution in [0.25, 0.3) is 0 Å². The molecule has 4 heteroatoms. The van der Waals surface area contributed by atoms with Gasteiger partial charge in [0, 0.05) is 21.2 Å². The molecule has 0 saturated carbocycles. The van der Waals surface area contributed by atoms with Gasteiger partial charge in [-0.1, -0.05) is 23.2 Å². The first kappa shape index (κ1) is 11.9. The number of thioether (sulfide) groups is 1. The van der Waals surface area contributed by atoms with E-state index in [1.54, 1.807) is 0 Å². The highest BCUT2D eigenvalue weighted by Gasteiger charge is 2.26. The number of hydrogen-bond acceptors (Lipinski definition) is 1. The fourth-order valence-electron chi connectivity index (χ4n) is 1.74. The minimum Gasteiger partial charge on any atom is -0.160 e. The van der Waals surface area contributed by atoms with Gasteiger partial charge in [0.15, 0.2) is 0 Å². The molecule has 0 N–H and O–H groups in total. The maximum absolute atomic E-state index is 6.22. The van der Waals surface area contributed by atoms with Crippen LogP contribution in [0.4, 0.5) is 0 Å². The molecule has 1 aliphatic heterocycles. The summed E-state index contributed by atoms with van der Waals surface area (Å²) in [7, 11) is 0. The Kier molecular flexibility index (Phi) is 4.11. The lowest BCUT2D eigenvalue weighted by Crippen LogP contribution is -2.14. The van der Waals surface area contributed by atoms with Crippen LogP contribution in [0.3, 0.4) is 0 Å². The van der Waals surface area contributed by atoms with Crippen LogP contribution in [-0.2, 0) is 6.42 Å². The van der Waals surface area contributed by atoms with Crippen molar-refractivity contribution in [1.29, 1.82) is 0 Å². The van der Waals surface area contributed by atoms with Crippen molar-refractivity contribution in [2.75, 3.05) is 11.5 Å². The predicted octanol–water partition coefficient (Wildman–Crippen LogP) is 4.51. The van der Waals surface area contributed by atoms with E-state index in [9.17, 15) is 0 Å². The average molecular weight is 282 g/mol. The van der Waals surface area contributed by atoms with E-state index in [1.807, 2.05) is 30.0 Å². The molecule has 1 fully saturated rings. The highest BCUT2D eigenvalue weighted by Crippen LogP contribution is 2.33. The monoisotopic (exact) mass is 280 g/mol. The zero-order chi connectivity index (χ0) is 10.8. The average Bonchev–Trinajstić information content (AvgIpc) is 2.58. The summed E-state index contributed by atoms with van der Waals surface area (Å²) in [5, 5.41) is 1.80. The zero-order valence-corrected chi connectivity index (χ0v) is 11.1. The second-order valence-corrected chi connectivity index (χ2v) is 6.23. The molecule has 0 radical (unpaired) electrons. The molecule has 1 aromatic carbocycles. The van der Waals surface area contributed by atoms with Gasteiger partial charge in [0.1, 0.15) is 0 Å². The first-order chi connectivity index (χ1) is 7.16. The number of alkyl halides is 1. The standard InChI is InChI=1S/C11H11Cl3S/c12-9-1-2-10(13)7(4-9)3-8-5-15-6-11(8)14/h1-2,4,8,11H,3,5-6H2. The molecule has 0 bridgehead atoms. The Morgan fingerprint density at radius 1 is 1.27 bits per heavy atom. The highest BCUT2D eigenvalue weighted by molar-refractivity contribution is 7.99. The summed E-state index contributed by atoms with van der Waals surface area (Å²) in [5.74, 6) is 2.69. The van der Waals surface area contributed by atoms with Crippen molar-refractivity contribution in [3.8, 4) is 0 Å². The van der Waals surface area contributed by atoms with Crippen LogP contribution < -0.4 is 0 Å². The Bertz CT molecular complexity index is 354. The van der Waals surface area contributed by atoms with Crippen molar-refractivity contribution >= 4 is 46.6 Å². The topological polar surface area (TPSA) is 0 Å². The molecule has 1 heterocycles. The van der Waals surface area contributed by atoms with Gasteiger partial charge in [-0.3, -0.25) is 0 Å². The van der Waals surface area contributed by atoms with Crippen molar-refractivity contribution in [2.24, 2.45) is 5.92 Å². The Morgan fingerprint density at radius 2 is 2.07 bits per heavy atom. The molecular weight excluding hydrogens is 271 g/mol. The summed E-state index contributed by atoms with van der Waals surface area (Å²) in [5.41, 5.74) is 1.11. The molecule has 0 amide bonds. The lowest BCUT2D eigenvalue weighted by atomic mass is 9.98. The molecule has 1 saturated heterocycles. The molecule has 15 heavy (non-hydrogen) atoms. The Morgan fingerprint density at radius 3 is 2.73 bits per heavy atom. The maximum atomic E-state index is 6.22. The van der Waals surface area contributed by atoms with E-state index in [0.717, 1.165) is 33.5 Å². The summed E-state index contributed by atoms with van der Waals surface area (Å²) in [6.07, 6.45) is 0.931. The van der Waals surface area contributed by atoms with E-state index in [4.69, 9.17) is 34.8 Å². The van der Waals surface area contributed by atoms with Gasteiger partial charge < -0.3 is 0 Å². The van der Waals surface area contributed by atoms with Gasteiger partial charge in [-0.05, 0) is 41.9 Å². The van der Waals surface area contributed by atoms with Crippen LogP contribution in [0.2, 0.25) is 10.0 Å². The van der Waals surface area contributed by atoms with Crippen molar-refractivity contribution in [2.45, 2.75) is 11.8 Å². The molecule has 0 aromatic heterocycles. The maximum Gasteiger partial charge on any atom is 0.0465 e. The normalized spacial score (nSPS) is 25.8. The molecule has 82 valence electrons. The van der Waals surface area contributed by atoms with Gasteiger partial charge in [-0.25, -0.2) is 0 Å². The summed E-state index contributed by atoms with van der Waals surface area (Å²) in [6, 6.07) is 5.61. The summed E-state index contributed by atoms with van der Waals surface area (Å²) in [4.78, 5) is 0. The van der Waals surface area contributed by atoms with Crippen molar-refractivity contribution in [3.63, 3.8) is 0 Å². The number of hydrogen-bond donors (Lipinski definition) is 0. The van der Waals surface area contributed by atoms with Crippen LogP contribution in [0.1, 0.15) is 5.56 Å². The smallest absolute Gasteiger partial charge is 0.0465 e. The van der Waals surface area contributed by atoms with Gasteiger partial charge in [0.2, 0.25) is 0 Å². The summed E-state index contributed by atoms with van der Waals surface area (Å²) >= 11 is 20.2. The molecule has 0 aliphatic carbocycles. The molecule has 2 rings (SSSR count). The van der Waals surface area contributed by atoms with Gasteiger partial charge in [0.25, 0.3) is 0 Å². The third-order valence-electron chi connectivity index (χ3n) is 2.61. The van der Waals surface area contributed by atoms with E-state index < -0.39 is 0 Å². The predicted molar refractivity (Wildman–Crippen MR) is 70.6 cm³/mol. The lowest BCUT2D eigenvalue weighted by molar-refractivity contribution is 0.603. The lowest BCUT2D eigenvalue weighted by Gasteiger charge is -2.13. The Balaban J connectivity index is 2.12. The Labute approximate surface area is 109 Å². The van der Waals surface area contributed by atoms with Crippen LogP contribution >= 0.6 is 46.6 Å². The van der Waals surface area contributed by atoms with E-state index in [-0.39, 0.29) is 5.38 Å². The molecule has 2 atom stereocenters. The third-order valence-corrected chi connectivity index (χ3v) is 5.17. The number of rotatable bonds is 2. The number of halogens is 3. The summed E-state index contributed by atoms with van der Waals surface area (Å²) < 4.78 is 0. The molecule has 1 aliphatic rings. The van der Waals surface area contributed by atoms with Crippen LogP contribution in [0.15, 0.2) is 18.2 Å². The van der Waals surface area contributed by atoms with Crippen LogP contribution in [-0.4, -0.2) is 16.9 Å². The molecular formula is C11H11Cl3S. The zero-order valence-electron chi connectivity index (χ0n) is 8.05. The Hall–Kier alpha value is 0.440. The van der Waals surface area contributed by atoms with Gasteiger partial charge in [0.05, 0.1) is 0 Å². The molecule has 0 nitrogen and oxygen atoms in total. The second kappa shape index (κ2) is 5.18. The van der Waals surface area contributed by atoms with Gasteiger partial charge in [-0.2, -0.15) is 11.8 Å². The first-order valence-corrected chi connectivity index (χ1v) is 7.17. The fraction of sp³-hybridized carbons (Fsp3) is 0.455. The molecule has 0 spiro atoms.